The summed E-state index contributed by atoms with van der Waals surface area (Å²) in [6, 6.07) is 7.21. The second kappa shape index (κ2) is 8.41. The average molecular weight is 470 g/mol. The molecule has 1 aromatic carbocycles. The van der Waals surface area contributed by atoms with Gasteiger partial charge in [-0.25, -0.2) is 0 Å². The number of fused-ring (bicyclic) bond motifs is 1. The van der Waals surface area contributed by atoms with Gasteiger partial charge in [0.15, 0.2) is 5.82 Å². The number of carbonyl (C=O) groups is 1. The van der Waals surface area contributed by atoms with E-state index in [2.05, 4.69) is 30.7 Å². The first-order chi connectivity index (χ1) is 16.2. The molecule has 2 aliphatic heterocycles. The van der Waals surface area contributed by atoms with Crippen LogP contribution >= 0.6 is 0 Å². The summed E-state index contributed by atoms with van der Waals surface area (Å²) >= 11 is 0. The van der Waals surface area contributed by atoms with Crippen LogP contribution < -0.4 is 15.5 Å². The zero-order valence-corrected chi connectivity index (χ0v) is 18.7. The van der Waals surface area contributed by atoms with Crippen molar-refractivity contribution in [3.63, 3.8) is 0 Å². The third kappa shape index (κ3) is 4.12. The van der Waals surface area contributed by atoms with Crippen molar-refractivity contribution in [3.8, 4) is 0 Å². The molecule has 2 fully saturated rings. The Hall–Kier alpha value is -3.43. The number of alkyl halides is 3. The van der Waals surface area contributed by atoms with Gasteiger partial charge in [0.1, 0.15) is 0 Å². The molecule has 0 unspecified atom stereocenters. The summed E-state index contributed by atoms with van der Waals surface area (Å²) in [5, 5.41) is 15.3. The normalized spacial score (nSPS) is 17.9. The Balaban J connectivity index is 1.38. The maximum Gasteiger partial charge on any atom is 0.416 e. The Morgan fingerprint density at radius 2 is 1.94 bits per heavy atom. The van der Waals surface area contributed by atoms with Crippen molar-refractivity contribution < 1.29 is 18.0 Å². The topological polar surface area (TPSA) is 83.0 Å². The number of nitrogens with zero attached hydrogens (tertiary/aromatic N) is 4. The van der Waals surface area contributed by atoms with Crippen molar-refractivity contribution in [1.29, 1.82) is 0 Å². The van der Waals surface area contributed by atoms with Crippen LogP contribution in [0, 0.1) is 12.3 Å². The van der Waals surface area contributed by atoms with Crippen LogP contribution in [-0.2, 0) is 17.5 Å². The van der Waals surface area contributed by atoms with Crippen LogP contribution in [0.25, 0.3) is 10.9 Å². The van der Waals surface area contributed by atoms with Gasteiger partial charge >= 0.3 is 6.18 Å². The van der Waals surface area contributed by atoms with Crippen LogP contribution in [0.15, 0.2) is 36.5 Å². The average Bonchev–Trinajstić information content (AvgIpc) is 3.18. The Labute approximate surface area is 194 Å². The molecule has 5 rings (SSSR count). The van der Waals surface area contributed by atoms with E-state index in [1.807, 2.05) is 13.0 Å². The lowest BCUT2D eigenvalue weighted by Crippen LogP contribution is -2.44. The minimum absolute atomic E-state index is 0.163. The molecule has 0 aliphatic carbocycles. The van der Waals surface area contributed by atoms with Gasteiger partial charge in [0.2, 0.25) is 5.91 Å². The maximum absolute atomic E-state index is 13.0. The molecule has 0 bridgehead atoms. The highest BCUT2D eigenvalue weighted by molar-refractivity contribution is 5.92. The number of anilines is 2. The Kier molecular flexibility index (Phi) is 5.53. The molecular weight excluding hydrogens is 445 g/mol. The Morgan fingerprint density at radius 3 is 2.65 bits per heavy atom. The van der Waals surface area contributed by atoms with E-state index in [1.54, 1.807) is 12.3 Å². The van der Waals surface area contributed by atoms with Crippen molar-refractivity contribution in [2.75, 3.05) is 29.9 Å². The molecule has 10 heteroatoms. The number of aryl methyl sites for hydroxylation is 1. The molecule has 3 aromatic rings. The molecule has 4 heterocycles. The predicted octanol–water partition coefficient (Wildman–Crippen LogP) is 4.07. The summed E-state index contributed by atoms with van der Waals surface area (Å²) in [6.07, 6.45) is -0.109. The van der Waals surface area contributed by atoms with Crippen LogP contribution in [-0.4, -0.2) is 40.7 Å². The number of carbonyl (C=O) groups excluding carboxylic acids is 1. The molecule has 2 aromatic heterocycles. The molecular formula is C24H25F3N6O. The van der Waals surface area contributed by atoms with Crippen molar-refractivity contribution in [3.05, 3.63) is 53.3 Å². The molecule has 0 atom stereocenters. The van der Waals surface area contributed by atoms with Crippen molar-refractivity contribution >= 4 is 28.3 Å². The molecule has 0 radical (unpaired) electrons. The Bertz CT molecular complexity index is 1240. The van der Waals surface area contributed by atoms with Gasteiger partial charge in [0, 0.05) is 31.6 Å². The number of benzene rings is 1. The lowest BCUT2D eigenvalue weighted by atomic mass is 9.77. The molecule has 7 nitrogen and oxygen atoms in total. The van der Waals surface area contributed by atoms with Gasteiger partial charge in [-0.2, -0.15) is 18.3 Å². The Morgan fingerprint density at radius 1 is 1.15 bits per heavy atom. The summed E-state index contributed by atoms with van der Waals surface area (Å²) in [5.41, 5.74) is 1.84. The zero-order chi connectivity index (χ0) is 23.9. The van der Waals surface area contributed by atoms with Gasteiger partial charge in [0.25, 0.3) is 0 Å². The number of aromatic nitrogens is 3. The largest absolute Gasteiger partial charge is 0.416 e. The minimum Gasteiger partial charge on any atom is -0.370 e. The number of hydrogen-bond acceptors (Lipinski definition) is 6. The second-order valence-electron chi connectivity index (χ2n) is 9.05. The summed E-state index contributed by atoms with van der Waals surface area (Å²) < 4.78 is 39.1. The summed E-state index contributed by atoms with van der Waals surface area (Å²) in [4.78, 5) is 19.1. The maximum atomic E-state index is 13.0. The van der Waals surface area contributed by atoms with Crippen LogP contribution in [0.5, 0.6) is 0 Å². The van der Waals surface area contributed by atoms with E-state index in [-0.39, 0.29) is 17.9 Å². The lowest BCUT2D eigenvalue weighted by Gasteiger charge is -2.38. The molecule has 2 saturated heterocycles. The highest BCUT2D eigenvalue weighted by Gasteiger charge is 2.44. The van der Waals surface area contributed by atoms with Gasteiger partial charge in [-0.3, -0.25) is 9.78 Å². The first-order valence-electron chi connectivity index (χ1n) is 11.3. The molecule has 2 N–H and O–H groups in total. The summed E-state index contributed by atoms with van der Waals surface area (Å²) in [6.45, 7) is 4.25. The lowest BCUT2D eigenvalue weighted by molar-refractivity contribution is -0.137. The second-order valence-corrected chi connectivity index (χ2v) is 9.05. The zero-order valence-electron chi connectivity index (χ0n) is 18.7. The van der Waals surface area contributed by atoms with E-state index >= 15 is 0 Å². The molecule has 1 spiro atoms. The van der Waals surface area contributed by atoms with E-state index in [0.717, 1.165) is 62.1 Å². The summed E-state index contributed by atoms with van der Waals surface area (Å²) in [5.74, 6) is 0.631. The van der Waals surface area contributed by atoms with Gasteiger partial charge in [-0.15, -0.1) is 5.10 Å². The van der Waals surface area contributed by atoms with Crippen LogP contribution in [0.3, 0.4) is 0 Å². The number of hydrogen-bond donors (Lipinski definition) is 2. The summed E-state index contributed by atoms with van der Waals surface area (Å²) in [7, 11) is 0. The molecule has 178 valence electrons. The van der Waals surface area contributed by atoms with Crippen molar-refractivity contribution in [1.82, 2.24) is 20.5 Å². The third-order valence-corrected chi connectivity index (χ3v) is 6.94. The first-order valence-corrected chi connectivity index (χ1v) is 11.3. The number of halogens is 3. The first kappa shape index (κ1) is 22.4. The van der Waals surface area contributed by atoms with Gasteiger partial charge in [-0.1, -0.05) is 12.1 Å². The van der Waals surface area contributed by atoms with E-state index < -0.39 is 11.7 Å². The highest BCUT2D eigenvalue weighted by atomic mass is 19.4. The number of amides is 1. The molecule has 34 heavy (non-hydrogen) atoms. The quantitative estimate of drug-likeness (QED) is 0.598. The van der Waals surface area contributed by atoms with Crippen LogP contribution in [0.2, 0.25) is 0 Å². The fourth-order valence-corrected chi connectivity index (χ4v) is 4.88. The number of pyridine rings is 1. The molecule has 2 aliphatic rings. The van der Waals surface area contributed by atoms with Crippen molar-refractivity contribution in [2.45, 2.75) is 38.9 Å². The van der Waals surface area contributed by atoms with E-state index in [9.17, 15) is 18.0 Å². The van der Waals surface area contributed by atoms with Gasteiger partial charge in [-0.05, 0) is 49.9 Å². The monoisotopic (exact) mass is 470 g/mol. The van der Waals surface area contributed by atoms with Crippen LogP contribution in [0.1, 0.15) is 36.1 Å². The van der Waals surface area contributed by atoms with Gasteiger partial charge < -0.3 is 15.5 Å². The number of piperidine rings is 1. The highest BCUT2D eigenvalue weighted by Crippen LogP contribution is 2.39. The van der Waals surface area contributed by atoms with E-state index in [0.29, 0.717) is 22.6 Å². The molecule has 0 saturated carbocycles. The fraction of sp³-hybridized carbons (Fsp3) is 0.417. The van der Waals surface area contributed by atoms with E-state index in [1.165, 1.54) is 6.07 Å². The smallest absolute Gasteiger partial charge is 0.370 e. The molecule has 1 amide bonds. The fourth-order valence-electron chi connectivity index (χ4n) is 4.88. The number of nitrogens with one attached hydrogen (secondary N) is 2. The third-order valence-electron chi connectivity index (χ3n) is 6.94. The van der Waals surface area contributed by atoms with E-state index in [4.69, 9.17) is 0 Å². The van der Waals surface area contributed by atoms with Crippen molar-refractivity contribution in [2.24, 2.45) is 5.41 Å². The van der Waals surface area contributed by atoms with Crippen LogP contribution in [0.4, 0.5) is 24.7 Å². The predicted molar refractivity (Wildman–Crippen MR) is 122 cm³/mol. The van der Waals surface area contributed by atoms with Gasteiger partial charge in [0.05, 0.1) is 34.1 Å². The standard InChI is InChI=1S/C24H25F3N6O/c1-15-20-19(21(32-31-15)30-13-16-3-2-4-17(11-16)24(25,26)27)12-18(14-29-20)33-9-6-23(7-10-33)5-8-28-22(23)34/h2-4,11-12,14H,5-10,13H2,1H3,(H,28,34)(H,30,32). The SMILES string of the molecule is Cc1nnc(NCc2cccc(C(F)(F)F)c2)c2cc(N3CCC4(CCNC4=O)CC3)cnc12. The number of rotatable bonds is 4. The minimum atomic E-state index is -4.39.